The molecule has 0 spiro atoms. The molecule has 4 heteroatoms. The predicted molar refractivity (Wildman–Crippen MR) is 71.2 cm³/mol. The molecule has 4 aromatic rings. The van der Waals surface area contributed by atoms with Crippen LogP contribution >= 0.6 is 0 Å². The van der Waals surface area contributed by atoms with E-state index in [9.17, 15) is 0 Å². The number of nitrogens with zero attached hydrogens (tertiary/aromatic N) is 2. The van der Waals surface area contributed by atoms with Gasteiger partial charge in [0.05, 0.1) is 22.2 Å². The van der Waals surface area contributed by atoms with Crippen LogP contribution in [-0.4, -0.2) is 20.2 Å². The molecule has 0 saturated carbocycles. The third-order valence-corrected chi connectivity index (χ3v) is 3.11. The van der Waals surface area contributed by atoms with Crippen molar-refractivity contribution in [3.8, 4) is 11.4 Å². The first-order valence-corrected chi connectivity index (χ1v) is 5.79. The van der Waals surface area contributed by atoms with Gasteiger partial charge in [0, 0.05) is 11.6 Å². The van der Waals surface area contributed by atoms with Crippen molar-refractivity contribution >= 4 is 21.9 Å². The van der Waals surface area contributed by atoms with E-state index < -0.39 is 0 Å². The second kappa shape index (κ2) is 3.43. The first-order valence-electron chi connectivity index (χ1n) is 5.79. The Kier molecular flexibility index (Phi) is 1.80. The zero-order valence-corrected chi connectivity index (χ0v) is 9.51. The van der Waals surface area contributed by atoms with Crippen LogP contribution in [0.5, 0.6) is 0 Å². The minimum Gasteiger partial charge on any atom is -0.352 e. The number of hydrogen-bond donors (Lipinski definition) is 2. The summed E-state index contributed by atoms with van der Waals surface area (Å²) in [6, 6.07) is 14.1. The quantitative estimate of drug-likeness (QED) is 0.531. The normalized spacial score (nSPS) is 11.3. The van der Waals surface area contributed by atoms with Crippen molar-refractivity contribution in [2.24, 2.45) is 0 Å². The molecule has 0 atom stereocenters. The fraction of sp³-hybridized carbons (Fsp3) is 0. The van der Waals surface area contributed by atoms with Crippen molar-refractivity contribution in [2.75, 3.05) is 0 Å². The van der Waals surface area contributed by atoms with E-state index in [1.54, 1.807) is 6.20 Å². The number of aromatic amines is 2. The summed E-state index contributed by atoms with van der Waals surface area (Å²) < 4.78 is 0. The van der Waals surface area contributed by atoms with E-state index in [0.717, 1.165) is 33.3 Å². The molecule has 4 rings (SSSR count). The van der Waals surface area contributed by atoms with Crippen LogP contribution in [0.25, 0.3) is 33.3 Å². The first kappa shape index (κ1) is 9.41. The fourth-order valence-electron chi connectivity index (χ4n) is 2.25. The number of rotatable bonds is 1. The van der Waals surface area contributed by atoms with Crippen molar-refractivity contribution in [1.29, 1.82) is 0 Å². The molecular formula is C14H10N4. The second-order valence-electron chi connectivity index (χ2n) is 4.24. The third kappa shape index (κ3) is 1.26. The number of H-pyrrole nitrogens is 2. The van der Waals surface area contributed by atoms with Crippen LogP contribution in [0, 0.1) is 0 Å². The minimum atomic E-state index is 0.934. The Hall–Kier alpha value is -2.62. The van der Waals surface area contributed by atoms with Gasteiger partial charge in [-0.15, -0.1) is 0 Å². The molecular weight excluding hydrogens is 224 g/mol. The Morgan fingerprint density at radius 3 is 2.78 bits per heavy atom. The van der Waals surface area contributed by atoms with Gasteiger partial charge in [0.15, 0.2) is 0 Å². The smallest absolute Gasteiger partial charge is 0.116 e. The molecule has 86 valence electrons. The topological polar surface area (TPSA) is 57.4 Å². The highest BCUT2D eigenvalue weighted by molar-refractivity contribution is 5.94. The van der Waals surface area contributed by atoms with Gasteiger partial charge in [0.2, 0.25) is 0 Å². The summed E-state index contributed by atoms with van der Waals surface area (Å²) in [7, 11) is 0. The number of hydrogen-bond acceptors (Lipinski definition) is 2. The van der Waals surface area contributed by atoms with Gasteiger partial charge in [-0.2, -0.15) is 5.10 Å². The molecule has 0 aliphatic carbocycles. The van der Waals surface area contributed by atoms with Crippen LogP contribution in [0.1, 0.15) is 0 Å². The lowest BCUT2D eigenvalue weighted by Gasteiger charge is -1.92. The number of fused-ring (bicyclic) bond motifs is 2. The van der Waals surface area contributed by atoms with Crippen molar-refractivity contribution < 1.29 is 0 Å². The van der Waals surface area contributed by atoms with Crippen LogP contribution in [0.3, 0.4) is 0 Å². The van der Waals surface area contributed by atoms with Gasteiger partial charge in [-0.25, -0.2) is 0 Å². The maximum absolute atomic E-state index is 4.38. The molecule has 3 heterocycles. The number of para-hydroxylation sites is 1. The average molecular weight is 234 g/mol. The van der Waals surface area contributed by atoms with Gasteiger partial charge in [0.25, 0.3) is 0 Å². The summed E-state index contributed by atoms with van der Waals surface area (Å²) in [5, 5.41) is 8.53. The maximum Gasteiger partial charge on any atom is 0.116 e. The Bertz CT molecular complexity index is 808. The van der Waals surface area contributed by atoms with E-state index in [1.807, 2.05) is 36.4 Å². The van der Waals surface area contributed by atoms with E-state index in [4.69, 9.17) is 0 Å². The van der Waals surface area contributed by atoms with Gasteiger partial charge < -0.3 is 4.98 Å². The molecule has 4 nitrogen and oxygen atoms in total. The van der Waals surface area contributed by atoms with Gasteiger partial charge in [0.1, 0.15) is 5.69 Å². The molecule has 0 aliphatic rings. The second-order valence-corrected chi connectivity index (χ2v) is 4.24. The van der Waals surface area contributed by atoms with E-state index in [2.05, 4.69) is 26.2 Å². The van der Waals surface area contributed by atoms with Gasteiger partial charge in [-0.1, -0.05) is 18.2 Å². The van der Waals surface area contributed by atoms with E-state index in [0.29, 0.717) is 0 Å². The molecule has 0 amide bonds. The fourth-order valence-corrected chi connectivity index (χ4v) is 2.25. The number of benzene rings is 1. The minimum absolute atomic E-state index is 0.934. The average Bonchev–Trinajstić information content (AvgIpc) is 3.02. The number of nitrogens with one attached hydrogen (secondary N) is 2. The molecule has 0 fully saturated rings. The molecule has 18 heavy (non-hydrogen) atoms. The van der Waals surface area contributed by atoms with E-state index in [1.165, 1.54) is 0 Å². The summed E-state index contributed by atoms with van der Waals surface area (Å²) in [4.78, 5) is 7.67. The standard InChI is InChI=1S/C14H10N4/c1-2-5-10-9(4-1)14(18-17-10)13-8-12-11(16-13)6-3-7-15-12/h1-8,16H,(H,17,18). The molecule has 1 aromatic carbocycles. The third-order valence-electron chi connectivity index (χ3n) is 3.11. The lowest BCUT2D eigenvalue weighted by Crippen LogP contribution is -1.77. The zero-order chi connectivity index (χ0) is 11.9. The zero-order valence-electron chi connectivity index (χ0n) is 9.51. The maximum atomic E-state index is 4.38. The largest absolute Gasteiger partial charge is 0.352 e. The molecule has 0 saturated heterocycles. The number of pyridine rings is 1. The summed E-state index contributed by atoms with van der Waals surface area (Å²) in [5.74, 6) is 0. The first-order chi connectivity index (χ1) is 8.92. The monoisotopic (exact) mass is 234 g/mol. The summed E-state index contributed by atoms with van der Waals surface area (Å²) in [6.45, 7) is 0. The van der Waals surface area contributed by atoms with Crippen LogP contribution in [0.2, 0.25) is 0 Å². The predicted octanol–water partition coefficient (Wildman–Crippen LogP) is 3.11. The Morgan fingerprint density at radius 1 is 0.944 bits per heavy atom. The molecule has 0 bridgehead atoms. The van der Waals surface area contributed by atoms with Crippen LogP contribution in [0.15, 0.2) is 48.7 Å². The lowest BCUT2D eigenvalue weighted by molar-refractivity contribution is 1.12. The Labute approximate surface area is 103 Å². The Morgan fingerprint density at radius 2 is 1.83 bits per heavy atom. The van der Waals surface area contributed by atoms with Crippen molar-refractivity contribution in [3.63, 3.8) is 0 Å². The summed E-state index contributed by atoms with van der Waals surface area (Å²) >= 11 is 0. The summed E-state index contributed by atoms with van der Waals surface area (Å²) in [6.07, 6.45) is 1.79. The number of aromatic nitrogens is 4. The Balaban J connectivity index is 2.01. The van der Waals surface area contributed by atoms with E-state index in [-0.39, 0.29) is 0 Å². The SMILES string of the molecule is c1cnc2cc(-c3n[nH]c4ccccc34)[nH]c2c1. The highest BCUT2D eigenvalue weighted by Gasteiger charge is 2.10. The van der Waals surface area contributed by atoms with Crippen LogP contribution < -0.4 is 0 Å². The molecule has 0 radical (unpaired) electrons. The highest BCUT2D eigenvalue weighted by atomic mass is 15.1. The summed E-state index contributed by atoms with van der Waals surface area (Å²) in [5.41, 5.74) is 4.95. The van der Waals surface area contributed by atoms with Gasteiger partial charge in [-0.3, -0.25) is 10.1 Å². The van der Waals surface area contributed by atoms with Gasteiger partial charge >= 0.3 is 0 Å². The van der Waals surface area contributed by atoms with Crippen LogP contribution in [-0.2, 0) is 0 Å². The van der Waals surface area contributed by atoms with Crippen molar-refractivity contribution in [1.82, 2.24) is 20.2 Å². The molecule has 0 unspecified atom stereocenters. The van der Waals surface area contributed by atoms with Crippen molar-refractivity contribution in [3.05, 3.63) is 48.7 Å². The lowest BCUT2D eigenvalue weighted by atomic mass is 10.2. The van der Waals surface area contributed by atoms with Gasteiger partial charge in [-0.05, 0) is 24.3 Å². The molecule has 0 aliphatic heterocycles. The highest BCUT2D eigenvalue weighted by Crippen LogP contribution is 2.27. The molecule has 3 aromatic heterocycles. The van der Waals surface area contributed by atoms with Crippen LogP contribution in [0.4, 0.5) is 0 Å². The molecule has 2 N–H and O–H groups in total. The van der Waals surface area contributed by atoms with E-state index >= 15 is 0 Å². The van der Waals surface area contributed by atoms with Crippen molar-refractivity contribution in [2.45, 2.75) is 0 Å².